The molecule has 0 radical (unpaired) electrons. The van der Waals surface area contributed by atoms with Crippen LogP contribution in [0.15, 0.2) is 36.4 Å². The SMILES string of the molecule is FC(F)(F)Oc1ccc(CC/C=C/CCBr)cc1. The lowest BCUT2D eigenvalue weighted by Crippen LogP contribution is -2.17. The van der Waals surface area contributed by atoms with Crippen molar-refractivity contribution < 1.29 is 17.9 Å². The summed E-state index contributed by atoms with van der Waals surface area (Å²) >= 11 is 3.32. The Bertz CT molecular complexity index is 371. The number of allylic oxidation sites excluding steroid dienone is 2. The lowest BCUT2D eigenvalue weighted by atomic mass is 10.1. The number of halogens is 4. The molecule has 0 spiro atoms. The van der Waals surface area contributed by atoms with Crippen molar-refractivity contribution in [3.8, 4) is 5.75 Å². The Hall–Kier alpha value is -0.970. The van der Waals surface area contributed by atoms with Crippen LogP contribution in [0.2, 0.25) is 0 Å². The van der Waals surface area contributed by atoms with Crippen molar-refractivity contribution in [1.29, 1.82) is 0 Å². The van der Waals surface area contributed by atoms with Crippen molar-refractivity contribution in [1.82, 2.24) is 0 Å². The van der Waals surface area contributed by atoms with E-state index in [1.165, 1.54) is 12.1 Å². The van der Waals surface area contributed by atoms with Gasteiger partial charge in [0.15, 0.2) is 0 Å². The van der Waals surface area contributed by atoms with Crippen LogP contribution in [-0.2, 0) is 6.42 Å². The fourth-order valence-electron chi connectivity index (χ4n) is 1.41. The Morgan fingerprint density at radius 2 is 1.67 bits per heavy atom. The summed E-state index contributed by atoms with van der Waals surface area (Å²) in [6, 6.07) is 5.98. The van der Waals surface area contributed by atoms with Crippen LogP contribution in [0.4, 0.5) is 13.2 Å². The van der Waals surface area contributed by atoms with E-state index in [4.69, 9.17) is 0 Å². The van der Waals surface area contributed by atoms with Crippen LogP contribution in [0, 0.1) is 0 Å². The number of benzene rings is 1. The second-order valence-electron chi connectivity index (χ2n) is 3.68. The Balaban J connectivity index is 2.41. The summed E-state index contributed by atoms with van der Waals surface area (Å²) in [5, 5.41) is 0.937. The van der Waals surface area contributed by atoms with Crippen LogP contribution in [0.3, 0.4) is 0 Å². The van der Waals surface area contributed by atoms with Gasteiger partial charge in [0.05, 0.1) is 0 Å². The molecule has 100 valence electrons. The van der Waals surface area contributed by atoms with Gasteiger partial charge in [0.25, 0.3) is 0 Å². The van der Waals surface area contributed by atoms with E-state index in [1.54, 1.807) is 12.1 Å². The van der Waals surface area contributed by atoms with Gasteiger partial charge < -0.3 is 4.74 Å². The number of rotatable bonds is 6. The van der Waals surface area contributed by atoms with Crippen LogP contribution in [0.1, 0.15) is 18.4 Å². The molecule has 1 aromatic carbocycles. The molecule has 0 saturated heterocycles. The van der Waals surface area contributed by atoms with E-state index in [1.807, 2.05) is 0 Å². The molecule has 0 aliphatic carbocycles. The van der Waals surface area contributed by atoms with E-state index in [-0.39, 0.29) is 5.75 Å². The largest absolute Gasteiger partial charge is 0.573 e. The van der Waals surface area contributed by atoms with E-state index >= 15 is 0 Å². The van der Waals surface area contributed by atoms with Crippen LogP contribution in [-0.4, -0.2) is 11.7 Å². The topological polar surface area (TPSA) is 9.23 Å². The quantitative estimate of drug-likeness (QED) is 0.537. The van der Waals surface area contributed by atoms with Crippen LogP contribution in [0.25, 0.3) is 0 Å². The van der Waals surface area contributed by atoms with Gasteiger partial charge in [-0.25, -0.2) is 0 Å². The van der Waals surface area contributed by atoms with Gasteiger partial charge in [0.1, 0.15) is 5.75 Å². The maximum absolute atomic E-state index is 11.9. The van der Waals surface area contributed by atoms with Crippen molar-refractivity contribution >= 4 is 15.9 Å². The third kappa shape index (κ3) is 6.69. The normalized spacial score (nSPS) is 12.0. The average molecular weight is 323 g/mol. The highest BCUT2D eigenvalue weighted by molar-refractivity contribution is 9.09. The highest BCUT2D eigenvalue weighted by Crippen LogP contribution is 2.22. The maximum atomic E-state index is 11.9. The van der Waals surface area contributed by atoms with Crippen LogP contribution in [0.5, 0.6) is 5.75 Å². The first-order chi connectivity index (χ1) is 8.51. The summed E-state index contributed by atoms with van der Waals surface area (Å²) in [7, 11) is 0. The van der Waals surface area contributed by atoms with Crippen molar-refractivity contribution in [3.63, 3.8) is 0 Å². The molecule has 0 aromatic heterocycles. The summed E-state index contributed by atoms with van der Waals surface area (Å²) < 4.78 is 39.6. The van der Waals surface area contributed by atoms with Crippen molar-refractivity contribution in [2.45, 2.75) is 25.6 Å². The van der Waals surface area contributed by atoms with E-state index in [9.17, 15) is 13.2 Å². The molecular weight excluding hydrogens is 309 g/mol. The predicted octanol–water partition coefficient (Wildman–Crippen LogP) is 4.86. The summed E-state index contributed by atoms with van der Waals surface area (Å²) in [4.78, 5) is 0. The first-order valence-electron chi connectivity index (χ1n) is 5.57. The van der Waals surface area contributed by atoms with Gasteiger partial charge in [-0.3, -0.25) is 0 Å². The molecule has 0 saturated carbocycles. The first kappa shape index (κ1) is 15.1. The molecule has 0 aliphatic heterocycles. The number of hydrogen-bond acceptors (Lipinski definition) is 1. The number of alkyl halides is 4. The zero-order valence-corrected chi connectivity index (χ0v) is 11.3. The van der Waals surface area contributed by atoms with Gasteiger partial charge in [0, 0.05) is 5.33 Å². The summed E-state index contributed by atoms with van der Waals surface area (Å²) in [5.74, 6) is -0.180. The molecular formula is C13H14BrF3O. The second-order valence-corrected chi connectivity index (χ2v) is 4.47. The number of hydrogen-bond donors (Lipinski definition) is 0. The minimum absolute atomic E-state index is 0.180. The molecule has 1 nitrogen and oxygen atoms in total. The Morgan fingerprint density at radius 1 is 1.06 bits per heavy atom. The maximum Gasteiger partial charge on any atom is 0.573 e. The lowest BCUT2D eigenvalue weighted by Gasteiger charge is -2.08. The van der Waals surface area contributed by atoms with Gasteiger partial charge in [-0.05, 0) is 37.0 Å². The van der Waals surface area contributed by atoms with E-state index in [0.29, 0.717) is 0 Å². The smallest absolute Gasteiger partial charge is 0.406 e. The Kier molecular flexibility index (Phi) is 6.25. The summed E-state index contributed by atoms with van der Waals surface area (Å²) in [5.41, 5.74) is 0.994. The zero-order valence-electron chi connectivity index (χ0n) is 9.71. The zero-order chi connectivity index (χ0) is 13.4. The molecule has 0 heterocycles. The van der Waals surface area contributed by atoms with Crippen molar-refractivity contribution in [2.24, 2.45) is 0 Å². The summed E-state index contributed by atoms with van der Waals surface area (Å²) in [6.45, 7) is 0. The third-order valence-electron chi connectivity index (χ3n) is 2.20. The monoisotopic (exact) mass is 322 g/mol. The minimum Gasteiger partial charge on any atom is -0.406 e. The van der Waals surface area contributed by atoms with E-state index in [2.05, 4.69) is 32.8 Å². The Morgan fingerprint density at radius 3 is 2.22 bits per heavy atom. The fourth-order valence-corrected chi connectivity index (χ4v) is 1.67. The molecule has 0 N–H and O–H groups in total. The fraction of sp³-hybridized carbons (Fsp3) is 0.385. The van der Waals surface area contributed by atoms with E-state index < -0.39 is 6.36 Å². The number of aryl methyl sites for hydroxylation is 1. The van der Waals surface area contributed by atoms with Gasteiger partial charge in [0.2, 0.25) is 0 Å². The number of ether oxygens (including phenoxy) is 1. The molecule has 0 fully saturated rings. The summed E-state index contributed by atoms with van der Waals surface area (Å²) in [6.07, 6.45) is 2.20. The van der Waals surface area contributed by atoms with Gasteiger partial charge in [-0.15, -0.1) is 13.2 Å². The molecule has 18 heavy (non-hydrogen) atoms. The van der Waals surface area contributed by atoms with Crippen LogP contribution >= 0.6 is 15.9 Å². The molecule has 0 atom stereocenters. The highest BCUT2D eigenvalue weighted by Gasteiger charge is 2.30. The minimum atomic E-state index is -4.63. The molecule has 5 heteroatoms. The molecule has 1 rings (SSSR count). The molecule has 0 bridgehead atoms. The lowest BCUT2D eigenvalue weighted by molar-refractivity contribution is -0.274. The second kappa shape index (κ2) is 7.46. The van der Waals surface area contributed by atoms with Gasteiger partial charge in [-0.2, -0.15) is 0 Å². The van der Waals surface area contributed by atoms with Crippen molar-refractivity contribution in [2.75, 3.05) is 5.33 Å². The predicted molar refractivity (Wildman–Crippen MR) is 69.0 cm³/mol. The highest BCUT2D eigenvalue weighted by atomic mass is 79.9. The van der Waals surface area contributed by atoms with Gasteiger partial charge >= 0.3 is 6.36 Å². The van der Waals surface area contributed by atoms with Gasteiger partial charge in [-0.1, -0.05) is 40.2 Å². The average Bonchev–Trinajstić information content (AvgIpc) is 2.29. The molecule has 0 amide bonds. The first-order valence-corrected chi connectivity index (χ1v) is 6.69. The van der Waals surface area contributed by atoms with Crippen molar-refractivity contribution in [3.05, 3.63) is 42.0 Å². The molecule has 1 aromatic rings. The third-order valence-corrected chi connectivity index (χ3v) is 2.66. The van der Waals surface area contributed by atoms with Crippen LogP contribution < -0.4 is 4.74 Å². The van der Waals surface area contributed by atoms with E-state index in [0.717, 1.165) is 30.2 Å². The standard InChI is InChI=1S/C13H14BrF3O/c14-10-4-2-1-3-5-11-6-8-12(9-7-11)18-13(15,16)17/h1-2,6-9H,3-5,10H2/b2-1+. The molecule has 0 unspecified atom stereocenters. The Labute approximate surface area is 113 Å². The molecule has 0 aliphatic rings.